The van der Waals surface area contributed by atoms with Crippen LogP contribution in [0.2, 0.25) is 0 Å². The molecule has 0 aliphatic heterocycles. The zero-order valence-corrected chi connectivity index (χ0v) is 15.3. The zero-order valence-electron chi connectivity index (χ0n) is 15.3. The third-order valence-electron chi connectivity index (χ3n) is 4.08. The summed E-state index contributed by atoms with van der Waals surface area (Å²) < 4.78 is 0. The molecule has 0 saturated heterocycles. The molecule has 3 aromatic rings. The highest BCUT2D eigenvalue weighted by molar-refractivity contribution is 5.98. The molecule has 2 heterocycles. The molecule has 27 heavy (non-hydrogen) atoms. The Kier molecular flexibility index (Phi) is 5.66. The normalized spacial score (nSPS) is 11.2. The second-order valence-corrected chi connectivity index (χ2v) is 6.54. The van der Waals surface area contributed by atoms with Gasteiger partial charge in [-0.15, -0.1) is 0 Å². The molecule has 0 radical (unpaired) electrons. The molecule has 2 aromatic heterocycles. The fourth-order valence-electron chi connectivity index (χ4n) is 2.53. The van der Waals surface area contributed by atoms with E-state index < -0.39 is 0 Å². The van der Waals surface area contributed by atoms with Crippen LogP contribution in [-0.2, 0) is 16.1 Å². The molecule has 1 aromatic carbocycles. The molecule has 0 spiro atoms. The van der Waals surface area contributed by atoms with E-state index in [4.69, 9.17) is 0 Å². The number of nitrogens with one attached hydrogen (secondary N) is 3. The first-order valence-corrected chi connectivity index (χ1v) is 8.81. The number of benzene rings is 1. The number of hydrogen-bond donors (Lipinski definition) is 3. The van der Waals surface area contributed by atoms with E-state index >= 15 is 0 Å². The van der Waals surface area contributed by atoms with Gasteiger partial charge in [0.05, 0.1) is 11.9 Å². The lowest BCUT2D eigenvalue weighted by molar-refractivity contribution is -0.119. The van der Waals surface area contributed by atoms with Gasteiger partial charge in [0.2, 0.25) is 11.8 Å². The number of nitrogens with zero attached hydrogens (tertiary/aromatic N) is 1. The summed E-state index contributed by atoms with van der Waals surface area (Å²) in [7, 11) is 0. The largest absolute Gasteiger partial charge is 0.348 e. The van der Waals surface area contributed by atoms with Crippen LogP contribution in [0.25, 0.3) is 17.1 Å². The highest BCUT2D eigenvalue weighted by Gasteiger charge is 2.09. The first-order valence-electron chi connectivity index (χ1n) is 8.81. The Morgan fingerprint density at radius 1 is 1.22 bits per heavy atom. The molecular weight excluding hydrogens is 340 g/mol. The molecule has 0 saturated carbocycles. The van der Waals surface area contributed by atoms with E-state index in [1.165, 1.54) is 6.08 Å². The van der Waals surface area contributed by atoms with Crippen molar-refractivity contribution < 1.29 is 9.59 Å². The number of hydrogen-bond acceptors (Lipinski definition) is 3. The van der Waals surface area contributed by atoms with Crippen LogP contribution in [0.4, 0.5) is 5.69 Å². The van der Waals surface area contributed by atoms with Crippen molar-refractivity contribution in [3.8, 4) is 0 Å². The van der Waals surface area contributed by atoms with Crippen LogP contribution in [-0.4, -0.2) is 21.8 Å². The number of aromatic amines is 1. The predicted octanol–water partition coefficient (Wildman–Crippen LogP) is 3.49. The van der Waals surface area contributed by atoms with Crippen molar-refractivity contribution >= 4 is 34.6 Å². The zero-order chi connectivity index (χ0) is 19.2. The number of fused-ring (bicyclic) bond motifs is 1. The summed E-state index contributed by atoms with van der Waals surface area (Å²) in [5.74, 6) is -0.353. The van der Waals surface area contributed by atoms with E-state index in [0.29, 0.717) is 17.9 Å². The Morgan fingerprint density at radius 2 is 2.00 bits per heavy atom. The molecule has 138 valence electrons. The van der Waals surface area contributed by atoms with Gasteiger partial charge in [0.1, 0.15) is 5.65 Å². The van der Waals surface area contributed by atoms with Crippen molar-refractivity contribution in [1.29, 1.82) is 0 Å². The number of aromatic nitrogens is 2. The Morgan fingerprint density at radius 3 is 2.74 bits per heavy atom. The number of pyridine rings is 1. The maximum atomic E-state index is 12.1. The van der Waals surface area contributed by atoms with Crippen molar-refractivity contribution in [1.82, 2.24) is 15.3 Å². The van der Waals surface area contributed by atoms with Gasteiger partial charge in [-0.05, 0) is 17.7 Å². The summed E-state index contributed by atoms with van der Waals surface area (Å²) in [6.07, 6.45) is 6.62. The van der Waals surface area contributed by atoms with Crippen molar-refractivity contribution in [2.24, 2.45) is 5.92 Å². The van der Waals surface area contributed by atoms with Crippen LogP contribution in [0.3, 0.4) is 0 Å². The number of H-pyrrole nitrogens is 1. The van der Waals surface area contributed by atoms with Crippen LogP contribution in [0.1, 0.15) is 25.0 Å². The standard InChI is InChI=1S/C21H22N4O2/c1-14(2)21(27)25-17-10-18-16(12-23-20(18)24-13-17)8-9-19(26)22-11-15-6-4-3-5-7-15/h3-10,12-14H,11H2,1-2H3,(H,22,26)(H,23,24)(H,25,27). The fraction of sp³-hybridized carbons (Fsp3) is 0.190. The number of carbonyl (C=O) groups excluding carboxylic acids is 2. The van der Waals surface area contributed by atoms with Gasteiger partial charge < -0.3 is 15.6 Å². The summed E-state index contributed by atoms with van der Waals surface area (Å²) in [6.45, 7) is 4.14. The molecule has 0 atom stereocenters. The number of rotatable bonds is 6. The van der Waals surface area contributed by atoms with Gasteiger partial charge in [0, 0.05) is 35.7 Å². The van der Waals surface area contributed by atoms with Gasteiger partial charge in [-0.3, -0.25) is 9.59 Å². The van der Waals surface area contributed by atoms with Crippen molar-refractivity contribution in [3.05, 3.63) is 66.0 Å². The van der Waals surface area contributed by atoms with Gasteiger partial charge in [-0.2, -0.15) is 0 Å². The lowest BCUT2D eigenvalue weighted by atomic mass is 10.1. The van der Waals surface area contributed by atoms with Crippen molar-refractivity contribution in [3.63, 3.8) is 0 Å². The van der Waals surface area contributed by atoms with Gasteiger partial charge in [-0.1, -0.05) is 44.2 Å². The Bertz CT molecular complexity index is 974. The minimum atomic E-state index is -0.176. The molecule has 6 nitrogen and oxygen atoms in total. The smallest absolute Gasteiger partial charge is 0.244 e. The molecule has 0 unspecified atom stereocenters. The average Bonchev–Trinajstić information content (AvgIpc) is 3.07. The highest BCUT2D eigenvalue weighted by atomic mass is 16.2. The Hall–Kier alpha value is -3.41. The minimum absolute atomic E-state index is 0.0657. The van der Waals surface area contributed by atoms with Gasteiger partial charge >= 0.3 is 0 Å². The average molecular weight is 362 g/mol. The van der Waals surface area contributed by atoms with Crippen LogP contribution < -0.4 is 10.6 Å². The molecule has 3 rings (SSSR count). The first-order chi connectivity index (χ1) is 13.0. The monoisotopic (exact) mass is 362 g/mol. The van der Waals surface area contributed by atoms with E-state index in [2.05, 4.69) is 20.6 Å². The highest BCUT2D eigenvalue weighted by Crippen LogP contribution is 2.21. The second-order valence-electron chi connectivity index (χ2n) is 6.54. The van der Waals surface area contributed by atoms with Crippen LogP contribution >= 0.6 is 0 Å². The van der Waals surface area contributed by atoms with Crippen molar-refractivity contribution in [2.45, 2.75) is 20.4 Å². The molecule has 2 amide bonds. The topological polar surface area (TPSA) is 86.9 Å². The molecular formula is C21H22N4O2. The molecule has 0 bridgehead atoms. The third kappa shape index (κ3) is 4.82. The Labute approximate surface area is 157 Å². The van der Waals surface area contributed by atoms with Crippen LogP contribution in [0.5, 0.6) is 0 Å². The van der Waals surface area contributed by atoms with Gasteiger partial charge in [-0.25, -0.2) is 4.98 Å². The molecule has 6 heteroatoms. The second kappa shape index (κ2) is 8.31. The number of anilines is 1. The molecule has 0 fully saturated rings. The maximum absolute atomic E-state index is 12.1. The van der Waals surface area contributed by atoms with Crippen LogP contribution in [0, 0.1) is 5.92 Å². The van der Waals surface area contributed by atoms with Crippen molar-refractivity contribution in [2.75, 3.05) is 5.32 Å². The third-order valence-corrected chi connectivity index (χ3v) is 4.08. The molecule has 3 N–H and O–H groups in total. The lowest BCUT2D eigenvalue weighted by Gasteiger charge is -2.07. The fourth-order valence-corrected chi connectivity index (χ4v) is 2.53. The number of carbonyl (C=O) groups is 2. The van der Waals surface area contributed by atoms with E-state index in [0.717, 1.165) is 16.5 Å². The van der Waals surface area contributed by atoms with Gasteiger partial charge in [0.15, 0.2) is 0 Å². The number of amides is 2. The molecule has 0 aliphatic rings. The first kappa shape index (κ1) is 18.4. The van der Waals surface area contributed by atoms with E-state index in [1.54, 1.807) is 18.5 Å². The summed E-state index contributed by atoms with van der Waals surface area (Å²) in [6, 6.07) is 11.6. The summed E-state index contributed by atoms with van der Waals surface area (Å²) in [5, 5.41) is 6.52. The summed E-state index contributed by atoms with van der Waals surface area (Å²) in [4.78, 5) is 31.3. The maximum Gasteiger partial charge on any atom is 0.244 e. The quantitative estimate of drug-likeness (QED) is 0.587. The predicted molar refractivity (Wildman–Crippen MR) is 107 cm³/mol. The van der Waals surface area contributed by atoms with Crippen LogP contribution in [0.15, 0.2) is 54.9 Å². The Balaban J connectivity index is 1.69. The van der Waals surface area contributed by atoms with E-state index in [1.807, 2.05) is 50.2 Å². The minimum Gasteiger partial charge on any atom is -0.348 e. The van der Waals surface area contributed by atoms with Gasteiger partial charge in [0.25, 0.3) is 0 Å². The van der Waals surface area contributed by atoms with E-state index in [-0.39, 0.29) is 17.7 Å². The molecule has 0 aliphatic carbocycles. The summed E-state index contributed by atoms with van der Waals surface area (Å²) in [5.41, 5.74) is 3.19. The lowest BCUT2D eigenvalue weighted by Crippen LogP contribution is -2.20. The van der Waals surface area contributed by atoms with E-state index in [9.17, 15) is 9.59 Å². The SMILES string of the molecule is CC(C)C(=O)Nc1cnc2[nH]cc(C=CC(=O)NCc3ccccc3)c2c1. The summed E-state index contributed by atoms with van der Waals surface area (Å²) >= 11 is 0.